The van der Waals surface area contributed by atoms with Gasteiger partial charge in [0.15, 0.2) is 0 Å². The van der Waals surface area contributed by atoms with E-state index in [0.717, 1.165) is 11.1 Å². The molecule has 0 bridgehead atoms. The van der Waals surface area contributed by atoms with Gasteiger partial charge in [0.05, 0.1) is 12.8 Å². The highest BCUT2D eigenvalue weighted by Crippen LogP contribution is 2.09. The van der Waals surface area contributed by atoms with Crippen molar-refractivity contribution in [1.82, 2.24) is 5.32 Å². The molecule has 1 aromatic heterocycles. The van der Waals surface area contributed by atoms with E-state index in [4.69, 9.17) is 9.68 Å². The van der Waals surface area contributed by atoms with Crippen LogP contribution < -0.4 is 5.32 Å². The van der Waals surface area contributed by atoms with Gasteiger partial charge in [0.25, 0.3) is 5.91 Å². The summed E-state index contributed by atoms with van der Waals surface area (Å²) in [5.74, 6) is 0.233. The average Bonchev–Trinajstić information content (AvgIpc) is 2.95. The number of nitrogens with one attached hydrogen (secondary N) is 1. The molecule has 4 nitrogen and oxygen atoms in total. The van der Waals surface area contributed by atoms with Crippen molar-refractivity contribution in [2.45, 2.75) is 13.5 Å². The molecule has 1 N–H and O–H groups in total. The summed E-state index contributed by atoms with van der Waals surface area (Å²) in [6.07, 6.45) is 3.11. The van der Waals surface area contributed by atoms with E-state index < -0.39 is 5.91 Å². The van der Waals surface area contributed by atoms with Crippen molar-refractivity contribution < 1.29 is 9.21 Å². The summed E-state index contributed by atoms with van der Waals surface area (Å²) in [5.41, 5.74) is 1.98. The Morgan fingerprint density at radius 1 is 1.40 bits per heavy atom. The zero-order valence-electron chi connectivity index (χ0n) is 11.1. The van der Waals surface area contributed by atoms with Crippen molar-refractivity contribution >= 4 is 12.0 Å². The van der Waals surface area contributed by atoms with Crippen LogP contribution in [0.5, 0.6) is 0 Å². The number of carbonyl (C=O) groups excluding carboxylic acids is 1. The summed E-state index contributed by atoms with van der Waals surface area (Å²) in [6.45, 7) is 2.22. The molecule has 2 aromatic rings. The Morgan fingerprint density at radius 2 is 2.25 bits per heavy atom. The minimum Gasteiger partial charge on any atom is -0.467 e. The summed E-state index contributed by atoms with van der Waals surface area (Å²) in [4.78, 5) is 11.9. The van der Waals surface area contributed by atoms with E-state index in [2.05, 4.69) is 5.32 Å². The predicted molar refractivity (Wildman–Crippen MR) is 75.3 cm³/mol. The van der Waals surface area contributed by atoms with Gasteiger partial charge in [0, 0.05) is 0 Å². The van der Waals surface area contributed by atoms with Gasteiger partial charge in [-0.05, 0) is 30.7 Å². The third-order valence-electron chi connectivity index (χ3n) is 2.72. The van der Waals surface area contributed by atoms with Crippen molar-refractivity contribution in [2.75, 3.05) is 0 Å². The molecule has 1 aromatic carbocycles. The first-order valence-electron chi connectivity index (χ1n) is 6.18. The summed E-state index contributed by atoms with van der Waals surface area (Å²) >= 11 is 0. The van der Waals surface area contributed by atoms with E-state index in [9.17, 15) is 4.79 Å². The minimum absolute atomic E-state index is 0.0714. The van der Waals surface area contributed by atoms with Crippen LogP contribution in [0.2, 0.25) is 0 Å². The van der Waals surface area contributed by atoms with Crippen molar-refractivity contribution in [3.63, 3.8) is 0 Å². The minimum atomic E-state index is -0.412. The van der Waals surface area contributed by atoms with Crippen molar-refractivity contribution in [1.29, 1.82) is 5.26 Å². The third-order valence-corrected chi connectivity index (χ3v) is 2.72. The molecule has 0 unspecified atom stereocenters. The Kier molecular flexibility index (Phi) is 4.35. The van der Waals surface area contributed by atoms with E-state index in [1.807, 2.05) is 37.3 Å². The molecule has 20 heavy (non-hydrogen) atoms. The Labute approximate surface area is 117 Å². The fraction of sp³-hybridized carbons (Fsp3) is 0.125. The normalized spacial score (nSPS) is 10.9. The first kappa shape index (κ1) is 13.6. The first-order valence-corrected chi connectivity index (χ1v) is 6.18. The van der Waals surface area contributed by atoms with Gasteiger partial charge in [-0.2, -0.15) is 5.26 Å². The van der Waals surface area contributed by atoms with Crippen LogP contribution in [0.25, 0.3) is 6.08 Å². The highest BCUT2D eigenvalue weighted by molar-refractivity contribution is 6.01. The Balaban J connectivity index is 2.07. The number of aryl methyl sites for hydroxylation is 1. The number of furan rings is 1. The van der Waals surface area contributed by atoms with Crippen LogP contribution in [0.15, 0.2) is 52.7 Å². The highest BCUT2D eigenvalue weighted by atomic mass is 16.3. The van der Waals surface area contributed by atoms with Gasteiger partial charge in [-0.15, -0.1) is 0 Å². The van der Waals surface area contributed by atoms with Gasteiger partial charge < -0.3 is 9.73 Å². The number of hydrogen-bond acceptors (Lipinski definition) is 3. The van der Waals surface area contributed by atoms with Gasteiger partial charge in [-0.25, -0.2) is 0 Å². The number of nitriles is 1. The van der Waals surface area contributed by atoms with E-state index in [0.29, 0.717) is 5.76 Å². The smallest absolute Gasteiger partial charge is 0.262 e. The SMILES string of the molecule is Cc1cccc(/C=C(\C#N)C(=O)NCc2ccco2)c1. The molecule has 100 valence electrons. The molecule has 0 aliphatic carbocycles. The second-order valence-electron chi connectivity index (χ2n) is 4.35. The molecule has 2 rings (SSSR count). The lowest BCUT2D eigenvalue weighted by Crippen LogP contribution is -2.23. The molecule has 0 atom stereocenters. The number of amides is 1. The standard InChI is InChI=1S/C16H14N2O2/c1-12-4-2-5-13(8-12)9-14(10-17)16(19)18-11-15-6-3-7-20-15/h2-9H,11H2,1H3,(H,18,19)/b14-9+. The topological polar surface area (TPSA) is 66.0 Å². The van der Waals surface area contributed by atoms with Crippen LogP contribution in [-0.2, 0) is 11.3 Å². The van der Waals surface area contributed by atoms with Crippen LogP contribution in [0, 0.1) is 18.3 Å². The molecule has 0 fully saturated rings. The summed E-state index contributed by atoms with van der Waals surface area (Å²) < 4.78 is 5.11. The number of hydrogen-bond donors (Lipinski definition) is 1. The average molecular weight is 266 g/mol. The van der Waals surface area contributed by atoms with Crippen LogP contribution in [0.3, 0.4) is 0 Å². The van der Waals surface area contributed by atoms with E-state index in [1.54, 1.807) is 18.2 Å². The summed E-state index contributed by atoms with van der Waals surface area (Å²) in [6, 6.07) is 13.0. The lowest BCUT2D eigenvalue weighted by atomic mass is 10.1. The van der Waals surface area contributed by atoms with Gasteiger partial charge in [0.1, 0.15) is 17.4 Å². The molecule has 1 amide bonds. The molecule has 0 saturated heterocycles. The van der Waals surface area contributed by atoms with Gasteiger partial charge in [-0.3, -0.25) is 4.79 Å². The fourth-order valence-electron chi connectivity index (χ4n) is 1.75. The van der Waals surface area contributed by atoms with E-state index in [1.165, 1.54) is 6.26 Å². The lowest BCUT2D eigenvalue weighted by Gasteiger charge is -2.02. The maximum atomic E-state index is 11.9. The lowest BCUT2D eigenvalue weighted by molar-refractivity contribution is -0.117. The van der Waals surface area contributed by atoms with Gasteiger partial charge in [-0.1, -0.05) is 29.8 Å². The zero-order valence-corrected chi connectivity index (χ0v) is 11.1. The molecule has 0 aliphatic heterocycles. The largest absolute Gasteiger partial charge is 0.467 e. The number of benzene rings is 1. The Morgan fingerprint density at radius 3 is 2.90 bits per heavy atom. The monoisotopic (exact) mass is 266 g/mol. The second kappa shape index (κ2) is 6.39. The van der Waals surface area contributed by atoms with Crippen molar-refractivity contribution in [2.24, 2.45) is 0 Å². The predicted octanol–water partition coefficient (Wildman–Crippen LogP) is 2.81. The molecule has 0 spiro atoms. The van der Waals surface area contributed by atoms with Crippen molar-refractivity contribution in [3.05, 3.63) is 65.1 Å². The first-order chi connectivity index (χ1) is 9.69. The summed E-state index contributed by atoms with van der Waals surface area (Å²) in [7, 11) is 0. The molecular formula is C16H14N2O2. The Bertz CT molecular complexity index is 664. The third kappa shape index (κ3) is 3.59. The highest BCUT2D eigenvalue weighted by Gasteiger charge is 2.09. The zero-order chi connectivity index (χ0) is 14.4. The molecule has 0 aliphatic rings. The van der Waals surface area contributed by atoms with Crippen LogP contribution in [-0.4, -0.2) is 5.91 Å². The van der Waals surface area contributed by atoms with Crippen molar-refractivity contribution in [3.8, 4) is 6.07 Å². The van der Waals surface area contributed by atoms with Crippen LogP contribution in [0.1, 0.15) is 16.9 Å². The maximum Gasteiger partial charge on any atom is 0.262 e. The van der Waals surface area contributed by atoms with E-state index >= 15 is 0 Å². The fourth-order valence-corrected chi connectivity index (χ4v) is 1.75. The molecule has 1 heterocycles. The number of carbonyl (C=O) groups is 1. The molecular weight excluding hydrogens is 252 g/mol. The summed E-state index contributed by atoms with van der Waals surface area (Å²) in [5, 5.41) is 11.7. The molecule has 0 radical (unpaired) electrons. The van der Waals surface area contributed by atoms with Crippen LogP contribution >= 0.6 is 0 Å². The van der Waals surface area contributed by atoms with Gasteiger partial charge in [0.2, 0.25) is 0 Å². The Hall–Kier alpha value is -2.80. The molecule has 4 heteroatoms. The van der Waals surface area contributed by atoms with Gasteiger partial charge >= 0.3 is 0 Å². The maximum absolute atomic E-state index is 11.9. The van der Waals surface area contributed by atoms with E-state index in [-0.39, 0.29) is 12.1 Å². The molecule has 0 saturated carbocycles. The number of rotatable bonds is 4. The second-order valence-corrected chi connectivity index (χ2v) is 4.35. The number of nitrogens with zero attached hydrogens (tertiary/aromatic N) is 1. The van der Waals surface area contributed by atoms with Crippen LogP contribution in [0.4, 0.5) is 0 Å². The quantitative estimate of drug-likeness (QED) is 0.683.